The molecule has 0 saturated heterocycles. The van der Waals surface area contributed by atoms with E-state index in [0.29, 0.717) is 32.1 Å². The maximum absolute atomic E-state index is 11.2. The van der Waals surface area contributed by atoms with E-state index in [-0.39, 0.29) is 115 Å². The third kappa shape index (κ3) is 83.1. The number of rotatable bonds is 22. The van der Waals surface area contributed by atoms with Crippen LogP contribution in [0.25, 0.3) is 0 Å². The molecule has 4 atom stereocenters. The summed E-state index contributed by atoms with van der Waals surface area (Å²) in [7, 11) is 10.8. The Morgan fingerprint density at radius 2 is 0.766 bits per heavy atom. The van der Waals surface area contributed by atoms with Crippen molar-refractivity contribution in [2.24, 2.45) is 0 Å². The second kappa shape index (κ2) is 63.4. The average Bonchev–Trinajstić information content (AvgIpc) is 2.91. The molecule has 0 N–H and O–H groups in total. The summed E-state index contributed by atoms with van der Waals surface area (Å²) >= 11 is 0. The van der Waals surface area contributed by atoms with Crippen molar-refractivity contribution in [2.75, 3.05) is 12.3 Å². The van der Waals surface area contributed by atoms with Crippen molar-refractivity contribution in [3.8, 4) is 0 Å². The Labute approximate surface area is 354 Å². The van der Waals surface area contributed by atoms with E-state index >= 15 is 0 Å². The fraction of sp³-hybridized carbons (Fsp3) is 0.806. The second-order valence-electron chi connectivity index (χ2n) is 9.86. The number of carbonyl (C=O) groups is 6. The maximum atomic E-state index is 11.2. The summed E-state index contributed by atoms with van der Waals surface area (Å²) in [5, 5.41) is 0. The van der Waals surface area contributed by atoms with Crippen LogP contribution in [0.5, 0.6) is 0 Å². The van der Waals surface area contributed by atoms with Crippen LogP contribution in [0.15, 0.2) is 0 Å². The van der Waals surface area contributed by atoms with E-state index < -0.39 is 0 Å². The number of carbonyl (C=O) groups excluding carboxylic acids is 6. The van der Waals surface area contributed by atoms with E-state index in [1.807, 2.05) is 20.8 Å². The van der Waals surface area contributed by atoms with Crippen LogP contribution in [-0.2, 0) is 101 Å². The fourth-order valence-electron chi connectivity index (χ4n) is 2.74. The van der Waals surface area contributed by atoms with Crippen molar-refractivity contribution >= 4 is 90.3 Å². The third-order valence-corrected chi connectivity index (χ3v) is 7.50. The van der Waals surface area contributed by atoms with Gasteiger partial charge in [0.2, 0.25) is 0 Å². The van der Waals surface area contributed by atoms with Gasteiger partial charge < -0.3 is 28.8 Å². The van der Waals surface area contributed by atoms with E-state index in [9.17, 15) is 28.8 Å². The van der Waals surface area contributed by atoms with Crippen molar-refractivity contribution in [1.29, 1.82) is 0 Å². The van der Waals surface area contributed by atoms with Gasteiger partial charge in [-0.05, 0) is 77.0 Å². The quantitative estimate of drug-likeness (QED) is 0.0613. The Balaban J connectivity index is -0.0000000497. The molecule has 0 spiro atoms. The van der Waals surface area contributed by atoms with Crippen molar-refractivity contribution in [3.63, 3.8) is 0 Å². The largest absolute Gasteiger partial charge is 1.00 e. The predicted molar refractivity (Wildman–Crippen MR) is 211 cm³/mol. The molecule has 0 bridgehead atoms. The van der Waals surface area contributed by atoms with Crippen molar-refractivity contribution < 1.29 is 103 Å². The molecule has 6 nitrogen and oxygen atoms in total. The molecule has 0 aliphatic heterocycles. The first-order chi connectivity index (χ1) is 20.4. The van der Waals surface area contributed by atoms with Crippen LogP contribution >= 0.6 is 34.4 Å². The molecule has 5 radical (unpaired) electrons. The van der Waals surface area contributed by atoms with Crippen molar-refractivity contribution in [1.82, 2.24) is 0 Å². The van der Waals surface area contributed by atoms with Crippen LogP contribution in [0.1, 0.15) is 154 Å². The Kier molecular flexibility index (Phi) is 95.5. The summed E-state index contributed by atoms with van der Waals surface area (Å²) in [5.74, 6) is 0. The van der Waals surface area contributed by atoms with Gasteiger partial charge in [0, 0.05) is 72.3 Å². The summed E-state index contributed by atoms with van der Waals surface area (Å²) in [4.78, 5) is 65.4. The molecule has 0 aliphatic carbocycles. The molecular formula is C31H67B3O6P4VWY+. The molecule has 0 aromatic carbocycles. The minimum atomic E-state index is -0.145. The van der Waals surface area contributed by atoms with E-state index in [2.05, 4.69) is 45.6 Å². The van der Waals surface area contributed by atoms with Crippen molar-refractivity contribution in [3.05, 3.63) is 0 Å². The van der Waals surface area contributed by atoms with Gasteiger partial charge in [0.15, 0.2) is 0 Å². The first-order valence-corrected chi connectivity index (χ1v) is 22.0. The molecule has 16 heteroatoms. The maximum Gasteiger partial charge on any atom is 1.00 e. The summed E-state index contributed by atoms with van der Waals surface area (Å²) in [6, 6.07) is 0. The van der Waals surface area contributed by atoms with Crippen LogP contribution in [0.3, 0.4) is 0 Å². The van der Waals surface area contributed by atoms with Gasteiger partial charge in [0.1, 0.15) is 0 Å². The normalized spacial score (nSPS) is 8.81. The van der Waals surface area contributed by atoms with Gasteiger partial charge in [-0.1, -0.05) is 88.0 Å². The van der Waals surface area contributed by atoms with Crippen LogP contribution < -0.4 is 0 Å². The van der Waals surface area contributed by atoms with Gasteiger partial charge >= 0.3 is 1.43 Å². The zero-order valence-corrected chi connectivity index (χ0v) is 41.6. The second-order valence-corrected chi connectivity index (χ2v) is 14.1. The summed E-state index contributed by atoms with van der Waals surface area (Å²) < 4.78 is 0. The molecule has 0 aromatic rings. The Morgan fingerprint density at radius 3 is 0.979 bits per heavy atom. The van der Waals surface area contributed by atoms with E-state index in [0.717, 1.165) is 67.6 Å². The molecule has 269 valence electrons. The Bertz CT molecular complexity index is 709. The standard InChI is InChI=1S/C9H18BO2P2.C8H14BO2.C7H14BO2P2.2C3H8.CH4.V.W.Y/c1-2-5-8(11)10-9(12)6-3-4-7-14-13;1-3-5-7(10)9-8(11)6-4-2;1-6(9)8-7(10)4-2-3-5-12-11;2*1-3-2;;;;/h14H,2-7,13H2,1H3;3-6H2,1-2H3;12H,2-5,11H2,1H3;2*3H2,1-2H3;1H4;;;/p+1. The number of hydrogen-bond donors (Lipinski definition) is 0. The van der Waals surface area contributed by atoms with Crippen LogP contribution in [0, 0.1) is 0 Å². The van der Waals surface area contributed by atoms with Crippen LogP contribution in [0.4, 0.5) is 0 Å². The fourth-order valence-corrected chi connectivity index (χ4v) is 4.87. The Morgan fingerprint density at radius 1 is 0.532 bits per heavy atom. The molecular weight excluding hydrogens is 948 g/mol. The minimum Gasteiger partial charge on any atom is -0.312 e. The number of unbranched alkanes of at least 4 members (excludes halogenated alkanes) is 2. The zero-order valence-electron chi connectivity index (χ0n) is 31.1. The molecule has 47 heavy (non-hydrogen) atoms. The molecule has 0 rings (SSSR count). The topological polar surface area (TPSA) is 102 Å². The van der Waals surface area contributed by atoms with E-state index in [1.54, 1.807) is 0 Å². The third-order valence-electron chi connectivity index (χ3n) is 4.49. The SMILES string of the molecule is C.CC(=O)[B]C(=O)CCCCPP.CCC.CCC.CCCC(=O)[B]C(=O)CCC.CCCC(=O)[B]C(=O)CCCCPP.[H+].[V].[W].[Y]. The van der Waals surface area contributed by atoms with E-state index in [1.165, 1.54) is 47.8 Å². The number of hydrogen-bond acceptors (Lipinski definition) is 6. The first-order valence-electron chi connectivity index (χ1n) is 16.0. The van der Waals surface area contributed by atoms with Gasteiger partial charge in [-0.2, -0.15) is 0 Å². The van der Waals surface area contributed by atoms with Gasteiger partial charge in [-0.15, -0.1) is 34.4 Å². The molecule has 0 aromatic heterocycles. The molecule has 4 unspecified atom stereocenters. The van der Waals surface area contributed by atoms with E-state index in [4.69, 9.17) is 0 Å². The average molecular weight is 1020 g/mol. The van der Waals surface area contributed by atoms with Crippen LogP contribution in [-0.4, -0.2) is 68.3 Å². The summed E-state index contributed by atoms with van der Waals surface area (Å²) in [5.41, 5.74) is -0.277. The summed E-state index contributed by atoms with van der Waals surface area (Å²) in [6.07, 6.45) is 13.8. The molecule has 0 heterocycles. The Hall–Kier alpha value is 2.31. The van der Waals surface area contributed by atoms with Gasteiger partial charge in [-0.3, -0.25) is 0 Å². The van der Waals surface area contributed by atoms with Gasteiger partial charge in [0.25, 0.3) is 21.8 Å². The predicted octanol–water partition coefficient (Wildman–Crippen LogP) is 8.50. The van der Waals surface area contributed by atoms with Gasteiger partial charge in [-0.25, -0.2) is 0 Å². The molecule has 0 aliphatic rings. The molecule has 0 amide bonds. The molecule has 0 fully saturated rings. The monoisotopic (exact) mass is 1020 g/mol. The molecule has 0 saturated carbocycles. The van der Waals surface area contributed by atoms with Gasteiger partial charge in [0.05, 0.1) is 34.1 Å². The van der Waals surface area contributed by atoms with Crippen molar-refractivity contribution in [2.45, 2.75) is 153 Å². The first kappa shape index (κ1) is 70.8. The minimum absolute atomic E-state index is 0. The van der Waals surface area contributed by atoms with Crippen LogP contribution in [0.2, 0.25) is 0 Å². The summed E-state index contributed by atoms with van der Waals surface area (Å²) in [6.45, 7) is 15.7. The zero-order chi connectivity index (χ0) is 34.3. The smallest absolute Gasteiger partial charge is 0.312 e.